The van der Waals surface area contributed by atoms with E-state index >= 15 is 0 Å². The van der Waals surface area contributed by atoms with Crippen molar-refractivity contribution in [3.8, 4) is 61.3 Å². The molecule has 81 heavy (non-hydrogen) atoms. The monoisotopic (exact) mass is 1040 g/mol. The van der Waals surface area contributed by atoms with Gasteiger partial charge >= 0.3 is 0 Å². The van der Waals surface area contributed by atoms with Gasteiger partial charge < -0.3 is 4.57 Å². The van der Waals surface area contributed by atoms with Gasteiger partial charge in [0.15, 0.2) is 0 Å². The van der Waals surface area contributed by atoms with Crippen LogP contribution in [0.3, 0.4) is 0 Å². The smallest absolute Gasteiger partial charge is 0.248 e. The Morgan fingerprint density at radius 2 is 0.642 bits per heavy atom. The van der Waals surface area contributed by atoms with Crippen LogP contribution in [0.5, 0.6) is 0 Å². The van der Waals surface area contributed by atoms with Gasteiger partial charge in [-0.1, -0.05) is 209 Å². The quantitative estimate of drug-likeness (QED) is 0.111. The second-order valence-electron chi connectivity index (χ2n) is 24.6. The summed E-state index contributed by atoms with van der Waals surface area (Å²) in [5, 5.41) is 8.00. The minimum Gasteiger partial charge on any atom is -0.311 e. The molecule has 0 bridgehead atoms. The summed E-state index contributed by atoms with van der Waals surface area (Å²) < 4.78 is 2.79. The van der Waals surface area contributed by atoms with Gasteiger partial charge in [-0.2, -0.15) is 0 Å². The van der Waals surface area contributed by atoms with Crippen molar-refractivity contribution in [2.24, 2.45) is 0 Å². The topological polar surface area (TPSA) is 4.93 Å². The number of benzene rings is 12. The van der Waals surface area contributed by atoms with Crippen molar-refractivity contribution >= 4 is 89.6 Å². The van der Waals surface area contributed by atoms with Crippen LogP contribution in [-0.2, 0) is 0 Å². The van der Waals surface area contributed by atoms with Crippen molar-refractivity contribution < 1.29 is 0 Å². The summed E-state index contributed by atoms with van der Waals surface area (Å²) >= 11 is 0. The predicted octanol–water partition coefficient (Wildman–Crippen LogP) is 16.2. The van der Waals surface area contributed by atoms with E-state index in [9.17, 15) is 0 Å². The Balaban J connectivity index is 1.19. The summed E-state index contributed by atoms with van der Waals surface area (Å²) in [7, 11) is 0. The van der Waals surface area contributed by atoms with Gasteiger partial charge in [-0.3, -0.25) is 0 Å². The van der Waals surface area contributed by atoms with Gasteiger partial charge in [0.05, 0.1) is 5.52 Å². The van der Waals surface area contributed by atoms with E-state index in [0.717, 1.165) is 0 Å². The third kappa shape index (κ3) is 7.00. The maximum Gasteiger partial charge on any atom is 0.248 e. The van der Waals surface area contributed by atoms with E-state index in [1.54, 1.807) is 0 Å². The molecule has 3 heteroatoms. The molecule has 1 nitrogen and oxygen atoms in total. The number of fused-ring (bicyclic) bond motifs is 3. The van der Waals surface area contributed by atoms with Crippen LogP contribution < -0.4 is 32.8 Å². The Bertz CT molecular complexity index is 4650. The van der Waals surface area contributed by atoms with Crippen molar-refractivity contribution in [1.82, 2.24) is 4.57 Å². The van der Waals surface area contributed by atoms with Crippen LogP contribution in [-0.4, -0.2) is 18.0 Å². The molecule has 0 unspecified atom stereocenters. The van der Waals surface area contributed by atoms with Crippen molar-refractivity contribution in [3.05, 3.63) is 243 Å². The molecular weight excluding hydrogens is 972 g/mol. The van der Waals surface area contributed by atoms with E-state index in [-0.39, 0.29) is 13.4 Å². The first kappa shape index (κ1) is 49.4. The zero-order chi connectivity index (χ0) is 55.6. The van der Waals surface area contributed by atoms with Gasteiger partial charge in [-0.15, -0.1) is 0 Å². The number of hydrogen-bond donors (Lipinski definition) is 0. The van der Waals surface area contributed by atoms with Gasteiger partial charge in [0.1, 0.15) is 0 Å². The summed E-state index contributed by atoms with van der Waals surface area (Å²) in [5.41, 5.74) is 40.9. The molecule has 388 valence electrons. The van der Waals surface area contributed by atoms with Crippen molar-refractivity contribution in [2.45, 2.75) is 83.1 Å². The van der Waals surface area contributed by atoms with Crippen molar-refractivity contribution in [3.63, 3.8) is 0 Å². The zero-order valence-corrected chi connectivity index (χ0v) is 48.8. The molecule has 0 saturated carbocycles. The maximum absolute atomic E-state index is 2.79. The van der Waals surface area contributed by atoms with Crippen molar-refractivity contribution in [1.29, 1.82) is 0 Å². The first-order chi connectivity index (χ1) is 39.2. The van der Waals surface area contributed by atoms with Gasteiger partial charge in [0.25, 0.3) is 0 Å². The molecule has 0 amide bonds. The lowest BCUT2D eigenvalue weighted by atomic mass is 9.30. The lowest BCUT2D eigenvalue weighted by molar-refractivity contribution is 1.20. The summed E-state index contributed by atoms with van der Waals surface area (Å²) in [6.45, 7) is 27.3. The summed E-state index contributed by atoms with van der Waals surface area (Å²) in [4.78, 5) is 0. The molecule has 13 aromatic rings. The fourth-order valence-corrected chi connectivity index (χ4v) is 16.7. The van der Waals surface area contributed by atoms with Crippen LogP contribution in [0.15, 0.2) is 176 Å². The molecule has 15 rings (SSSR count). The van der Waals surface area contributed by atoms with E-state index in [1.165, 1.54) is 204 Å². The van der Waals surface area contributed by atoms with Gasteiger partial charge in [0, 0.05) is 27.4 Å². The zero-order valence-electron chi connectivity index (χ0n) is 48.8. The molecule has 12 aromatic carbocycles. The molecule has 2 aliphatic heterocycles. The molecule has 0 spiro atoms. The standard InChI is InChI=1S/C78H65B2N/c1-42-33-46(5)67(47(6)34-42)58-25-18-26-59(68-48(7)35-43(2)36-49(68)8)74(58)79-63-29-20-30-64-76(63)81-77-65(79)32-31-57-55-23-16-17-24-56(55)71-62(54-21-14-13-15-22-54)41-66(78(81)73(71)72(57)77)80(64)75-60(69-50(9)37-44(3)38-51(69)10)27-19-28-61(75)70-52(11)39-45(4)40-53(70)12/h13-41H,1-12H3. The summed E-state index contributed by atoms with van der Waals surface area (Å²) in [6.07, 6.45) is 0. The molecule has 0 N–H and O–H groups in total. The fourth-order valence-electron chi connectivity index (χ4n) is 16.7. The Labute approximate surface area is 478 Å². The number of para-hydroxylation sites is 1. The van der Waals surface area contributed by atoms with Gasteiger partial charge in [-0.25, -0.2) is 0 Å². The Morgan fingerprint density at radius 1 is 0.272 bits per heavy atom. The SMILES string of the molecule is Cc1cc(C)c(-c2cccc(-c3c(C)cc(C)cc3C)c2B2c3cccc4c3-n3c5c2ccc2c6ccccc6c6c(-c7ccccc7)cc(c3c6c25)B4c2c(-c3c(C)cc(C)cc3C)cccc2-c2c(C)cc(C)cc2C)c(C)c1. The van der Waals surface area contributed by atoms with Crippen LogP contribution in [0.1, 0.15) is 66.8 Å². The third-order valence-electron chi connectivity index (χ3n) is 18.9. The largest absolute Gasteiger partial charge is 0.311 e. The highest BCUT2D eigenvalue weighted by atomic mass is 15.0. The van der Waals surface area contributed by atoms with Crippen LogP contribution in [0.4, 0.5) is 0 Å². The Kier molecular flexibility index (Phi) is 10.9. The first-order valence-corrected chi connectivity index (χ1v) is 29.2. The molecule has 0 saturated heterocycles. The minimum atomic E-state index is -0.152. The summed E-state index contributed by atoms with van der Waals surface area (Å²) in [6, 6.07) is 69.3. The molecule has 1 aromatic heterocycles. The van der Waals surface area contributed by atoms with Gasteiger partial charge in [0.2, 0.25) is 13.4 Å². The molecule has 0 aliphatic carbocycles. The maximum atomic E-state index is 2.79. The lowest BCUT2D eigenvalue weighted by Crippen LogP contribution is -2.64. The normalized spacial score (nSPS) is 12.6. The van der Waals surface area contributed by atoms with E-state index in [2.05, 4.69) is 264 Å². The highest BCUT2D eigenvalue weighted by molar-refractivity contribution is 7.03. The fraction of sp³-hybridized carbons (Fsp3) is 0.154. The molecular formula is C78H65B2N. The highest BCUT2D eigenvalue weighted by Gasteiger charge is 2.46. The molecule has 2 aliphatic rings. The van der Waals surface area contributed by atoms with Crippen LogP contribution in [0.2, 0.25) is 0 Å². The number of rotatable bonds is 7. The van der Waals surface area contributed by atoms with E-state index < -0.39 is 0 Å². The van der Waals surface area contributed by atoms with Crippen LogP contribution >= 0.6 is 0 Å². The predicted molar refractivity (Wildman–Crippen MR) is 353 cm³/mol. The highest BCUT2D eigenvalue weighted by Crippen LogP contribution is 2.49. The molecule has 0 atom stereocenters. The summed E-state index contributed by atoms with van der Waals surface area (Å²) in [5.74, 6) is 0. The number of hydrogen-bond acceptors (Lipinski definition) is 0. The second-order valence-corrected chi connectivity index (χ2v) is 24.6. The lowest BCUT2D eigenvalue weighted by Gasteiger charge is -2.37. The number of nitrogens with zero attached hydrogens (tertiary/aromatic N) is 1. The van der Waals surface area contributed by atoms with Gasteiger partial charge in [-0.05, 0) is 221 Å². The average Bonchev–Trinajstić information content (AvgIpc) is 3.70. The Hall–Kier alpha value is -8.65. The number of aromatic nitrogens is 1. The average molecular weight is 1040 g/mol. The molecule has 0 radical (unpaired) electrons. The van der Waals surface area contributed by atoms with Crippen LogP contribution in [0.25, 0.3) is 105 Å². The van der Waals surface area contributed by atoms with E-state index in [1.807, 2.05) is 0 Å². The minimum absolute atomic E-state index is 0.119. The van der Waals surface area contributed by atoms with E-state index in [4.69, 9.17) is 0 Å². The van der Waals surface area contributed by atoms with Crippen molar-refractivity contribution in [2.75, 3.05) is 0 Å². The third-order valence-corrected chi connectivity index (χ3v) is 18.9. The van der Waals surface area contributed by atoms with Crippen LogP contribution in [0, 0.1) is 83.1 Å². The first-order valence-electron chi connectivity index (χ1n) is 29.2. The second kappa shape index (κ2) is 17.9. The Morgan fingerprint density at radius 3 is 1.09 bits per heavy atom. The van der Waals surface area contributed by atoms with E-state index in [0.29, 0.717) is 0 Å². The molecule has 0 fully saturated rings. The molecule has 3 heterocycles. The number of aryl methyl sites for hydroxylation is 12.